The summed E-state index contributed by atoms with van der Waals surface area (Å²) in [6, 6.07) is 12.7. The Morgan fingerprint density at radius 3 is 2.65 bits per heavy atom. The number of pyridine rings is 1. The molecular weight excluding hydrogens is 751 g/mol. The van der Waals surface area contributed by atoms with Crippen LogP contribution in [0.1, 0.15) is 42.5 Å². The fourth-order valence-electron chi connectivity index (χ4n) is 5.24. The van der Waals surface area contributed by atoms with Gasteiger partial charge in [0.2, 0.25) is 0 Å². The number of hydrogen-bond acceptors (Lipinski definition) is 5. The smallest absolute Gasteiger partial charge is 0.334 e. The van der Waals surface area contributed by atoms with Crippen LogP contribution < -0.4 is 0 Å². The molecular formula is C31H36FI2N3O2S. The number of aryl methyl sites for hydroxylation is 1. The summed E-state index contributed by atoms with van der Waals surface area (Å²) in [7, 11) is -1.19. The number of benzene rings is 1. The van der Waals surface area contributed by atoms with Crippen molar-refractivity contribution in [1.29, 1.82) is 0 Å². The van der Waals surface area contributed by atoms with Gasteiger partial charge in [-0.1, -0.05) is 23.7 Å². The number of nitrogens with zero attached hydrogens (tertiary/aromatic N) is 3. The number of hydrogen-bond donors (Lipinski definition) is 0. The predicted molar refractivity (Wildman–Crippen MR) is 187 cm³/mol. The number of sulfone groups is 1. The van der Waals surface area contributed by atoms with E-state index in [0.29, 0.717) is 30.6 Å². The van der Waals surface area contributed by atoms with Gasteiger partial charge in [0.05, 0.1) is 0 Å². The van der Waals surface area contributed by atoms with Crippen LogP contribution in [0.5, 0.6) is 0 Å². The Hall–Kier alpha value is -1.86. The monoisotopic (exact) mass is 787 g/mol. The Morgan fingerprint density at radius 2 is 1.95 bits per heavy atom. The SMILES string of the molecule is C=I1=CC(c2cccc(-c3ccc(C4=CCI(C)N=C4)c(CCC4CCC(S(C)(=O)=O)=CCC4F)n3)c2)=CN1C. The van der Waals surface area contributed by atoms with Gasteiger partial charge >= 0.3 is 205 Å². The summed E-state index contributed by atoms with van der Waals surface area (Å²) in [5.74, 6) is -0.207. The van der Waals surface area contributed by atoms with Gasteiger partial charge in [0, 0.05) is 13.3 Å². The molecule has 0 fully saturated rings. The fourth-order valence-corrected chi connectivity index (χ4v) is 10.6. The summed E-state index contributed by atoms with van der Waals surface area (Å²) in [6.07, 6.45) is 10.5. The zero-order valence-corrected chi connectivity index (χ0v) is 28.3. The fraction of sp³-hybridized carbons (Fsp3) is 0.355. The van der Waals surface area contributed by atoms with Gasteiger partial charge < -0.3 is 3.11 Å². The average molecular weight is 788 g/mol. The molecule has 0 N–H and O–H groups in total. The molecule has 2 aromatic rings. The number of aromatic nitrogens is 1. The Bertz CT molecular complexity index is 1620. The van der Waals surface area contributed by atoms with Crippen molar-refractivity contribution in [3.8, 4) is 11.3 Å². The van der Waals surface area contributed by atoms with Crippen molar-refractivity contribution in [1.82, 2.24) is 8.10 Å². The summed E-state index contributed by atoms with van der Waals surface area (Å²) in [5.41, 5.74) is 7.43. The third kappa shape index (κ3) is 6.95. The normalized spacial score (nSPS) is 22.9. The molecule has 0 saturated carbocycles. The van der Waals surface area contributed by atoms with Crippen molar-refractivity contribution in [2.24, 2.45) is 9.12 Å². The molecule has 3 aliphatic rings. The zero-order valence-electron chi connectivity index (χ0n) is 23.2. The molecule has 2 atom stereocenters. The molecule has 0 amide bonds. The average Bonchev–Trinajstić information content (AvgIpc) is 3.15. The second-order valence-corrected chi connectivity index (χ2v) is 21.4. The van der Waals surface area contributed by atoms with E-state index in [1.165, 1.54) is 11.8 Å². The maximum absolute atomic E-state index is 15.2. The quantitative estimate of drug-likeness (QED) is 0.169. The van der Waals surface area contributed by atoms with E-state index in [1.54, 1.807) is 6.08 Å². The molecule has 1 aliphatic carbocycles. The number of rotatable bonds is 7. The van der Waals surface area contributed by atoms with E-state index in [0.717, 1.165) is 38.1 Å². The second-order valence-electron chi connectivity index (χ2n) is 10.5. The van der Waals surface area contributed by atoms with Crippen molar-refractivity contribution in [2.75, 3.05) is 22.7 Å². The first kappa shape index (κ1) is 29.6. The third-order valence-electron chi connectivity index (χ3n) is 7.63. The zero-order chi connectivity index (χ0) is 28.4. The van der Waals surface area contributed by atoms with Crippen LogP contribution in [0.15, 0.2) is 62.9 Å². The predicted octanol–water partition coefficient (Wildman–Crippen LogP) is 7.21. The van der Waals surface area contributed by atoms with Gasteiger partial charge in [-0.05, 0) is 0 Å². The summed E-state index contributed by atoms with van der Waals surface area (Å²) >= 11 is -2.70. The molecule has 5 rings (SSSR count). The minimum absolute atomic E-state index is 0.153. The number of allylic oxidation sites excluding steroid dienone is 5. The van der Waals surface area contributed by atoms with Gasteiger partial charge in [0.25, 0.3) is 0 Å². The topological polar surface area (TPSA) is 62.6 Å². The van der Waals surface area contributed by atoms with E-state index in [-0.39, 0.29) is 12.3 Å². The third-order valence-corrected chi connectivity index (χ3v) is 15.5. The van der Waals surface area contributed by atoms with E-state index in [4.69, 9.17) is 8.19 Å². The van der Waals surface area contributed by atoms with Gasteiger partial charge in [0.1, 0.15) is 0 Å². The van der Waals surface area contributed by atoms with E-state index < -0.39 is 55.2 Å². The molecule has 2 unspecified atom stereocenters. The molecule has 9 heteroatoms. The van der Waals surface area contributed by atoms with Crippen LogP contribution in [0.3, 0.4) is 0 Å². The number of alkyl halides is 3. The van der Waals surface area contributed by atoms with Crippen molar-refractivity contribution >= 4 is 75.0 Å². The van der Waals surface area contributed by atoms with Gasteiger partial charge in [0.15, 0.2) is 0 Å². The van der Waals surface area contributed by atoms with Crippen LogP contribution in [-0.4, -0.2) is 60.1 Å². The van der Waals surface area contributed by atoms with Gasteiger partial charge in [-0.2, -0.15) is 0 Å². The number of halogens is 3. The first-order chi connectivity index (χ1) is 19.1. The minimum Gasteiger partial charge on any atom is -0.334 e. The molecule has 3 heterocycles. The van der Waals surface area contributed by atoms with Crippen molar-refractivity contribution in [3.05, 3.63) is 76.5 Å². The van der Waals surface area contributed by atoms with Gasteiger partial charge in [-0.3, -0.25) is 0 Å². The Balaban J connectivity index is 1.43. The van der Waals surface area contributed by atoms with Crippen LogP contribution in [0, 0.1) is 5.92 Å². The summed E-state index contributed by atoms with van der Waals surface area (Å²) in [5, 5.41) is 0. The van der Waals surface area contributed by atoms with Gasteiger partial charge in [-0.15, -0.1) is 0 Å². The molecule has 5 nitrogen and oxygen atoms in total. The van der Waals surface area contributed by atoms with Crippen LogP contribution in [0.4, 0.5) is 4.39 Å². The maximum atomic E-state index is 15.2. The molecule has 0 saturated heterocycles. The van der Waals surface area contributed by atoms with E-state index in [1.807, 2.05) is 6.21 Å². The van der Waals surface area contributed by atoms with Crippen molar-refractivity contribution in [2.45, 2.75) is 38.3 Å². The molecule has 214 valence electrons. The van der Waals surface area contributed by atoms with Crippen molar-refractivity contribution in [3.63, 3.8) is 0 Å². The van der Waals surface area contributed by atoms with Crippen LogP contribution in [0.2, 0.25) is 0 Å². The second kappa shape index (κ2) is 12.6. The standard InChI is InChI=1S/C31H36FI2N3O2S/c1-33-17-16-25(20-35-33)28-12-15-30(24-7-5-6-23(18-24)26-19-34(2)37(3)21-26)36-31(28)14-9-22-8-10-27(40(4,38)39)11-13-29(22)32/h5-7,11-12,15-16,18-22,29H,2,8-10,13-14,17H2,1,3-4H3. The first-order valence-electron chi connectivity index (χ1n) is 13.3. The summed E-state index contributed by atoms with van der Waals surface area (Å²) < 4.78 is 54.0. The Kier molecular flexibility index (Phi) is 9.30. The molecule has 40 heavy (non-hydrogen) atoms. The first-order valence-corrected chi connectivity index (χ1v) is 23.6. The molecule has 0 bridgehead atoms. The van der Waals surface area contributed by atoms with Crippen LogP contribution >= 0.6 is 39.2 Å². The molecule has 0 radical (unpaired) electrons. The Labute approximate surface area is 251 Å². The Morgan fingerprint density at radius 1 is 1.15 bits per heavy atom. The van der Waals surface area contributed by atoms with E-state index in [9.17, 15) is 8.42 Å². The van der Waals surface area contributed by atoms with Crippen molar-refractivity contribution < 1.29 is 12.8 Å². The molecule has 2 aliphatic heterocycles. The van der Waals surface area contributed by atoms with E-state index in [2.05, 4.69) is 72.3 Å². The van der Waals surface area contributed by atoms with E-state index >= 15 is 4.39 Å². The molecule has 0 spiro atoms. The molecule has 1 aromatic heterocycles. The summed E-state index contributed by atoms with van der Waals surface area (Å²) in [6.45, 7) is 0. The minimum atomic E-state index is -3.29. The summed E-state index contributed by atoms with van der Waals surface area (Å²) in [4.78, 5) is 7.78. The van der Waals surface area contributed by atoms with Crippen LogP contribution in [-0.2, 0) is 16.3 Å². The van der Waals surface area contributed by atoms with Crippen LogP contribution in [0.25, 0.3) is 22.4 Å². The van der Waals surface area contributed by atoms with Gasteiger partial charge in [-0.25, -0.2) is 8.42 Å². The molecule has 1 aromatic carbocycles.